The van der Waals surface area contributed by atoms with E-state index in [4.69, 9.17) is 4.42 Å². The number of carbonyl (C=O) groups excluding carboxylic acids is 1. The monoisotopic (exact) mass is 285 g/mol. The van der Waals surface area contributed by atoms with Gasteiger partial charge < -0.3 is 14.6 Å². The summed E-state index contributed by atoms with van der Waals surface area (Å²) in [5.41, 5.74) is 0.918. The van der Waals surface area contributed by atoms with Crippen molar-refractivity contribution < 1.29 is 9.21 Å². The van der Waals surface area contributed by atoms with Crippen molar-refractivity contribution in [2.45, 2.75) is 6.42 Å². The Morgan fingerprint density at radius 3 is 2.95 bits per heavy atom. The molecule has 3 rings (SSSR count). The zero-order valence-electron chi connectivity index (χ0n) is 12.1. The van der Waals surface area contributed by atoms with Gasteiger partial charge in [0.05, 0.1) is 6.20 Å². The van der Waals surface area contributed by atoms with E-state index in [1.807, 2.05) is 30.3 Å². The highest BCUT2D eigenvalue weighted by molar-refractivity contribution is 5.89. The Balaban J connectivity index is 1.59. The number of hydrogen-bond acceptors (Lipinski definition) is 4. The predicted octanol–water partition coefficient (Wildman–Crippen LogP) is 2.02. The Hall–Kier alpha value is -2.14. The van der Waals surface area contributed by atoms with E-state index in [2.05, 4.69) is 22.2 Å². The summed E-state index contributed by atoms with van der Waals surface area (Å²) in [6.45, 7) is 2.80. The van der Waals surface area contributed by atoms with Crippen LogP contribution in [0.3, 0.4) is 0 Å². The summed E-state index contributed by atoms with van der Waals surface area (Å²) in [5.74, 6) is 1.01. The van der Waals surface area contributed by atoms with Crippen LogP contribution in [0.1, 0.15) is 17.1 Å². The molecule has 0 bridgehead atoms. The fraction of sp³-hybridized carbons (Fsp3) is 0.375. The second-order valence-corrected chi connectivity index (χ2v) is 5.52. The maximum atomic E-state index is 12.0. The normalized spacial score (nSPS) is 18.8. The number of hydrogen-bond donors (Lipinski definition) is 1. The minimum Gasteiger partial charge on any atom is -0.432 e. The Labute approximate surface area is 124 Å². The number of nitrogens with zero attached hydrogens (tertiary/aromatic N) is 2. The van der Waals surface area contributed by atoms with E-state index in [-0.39, 0.29) is 11.8 Å². The average molecular weight is 285 g/mol. The fourth-order valence-corrected chi connectivity index (χ4v) is 2.62. The summed E-state index contributed by atoms with van der Waals surface area (Å²) in [6, 6.07) is 9.64. The third-order valence-corrected chi connectivity index (χ3v) is 3.80. The number of rotatable bonds is 4. The molecule has 1 atom stereocenters. The molecule has 1 aromatic carbocycles. The lowest BCUT2D eigenvalue weighted by atomic mass is 10.1. The Morgan fingerprint density at radius 2 is 2.24 bits per heavy atom. The minimum absolute atomic E-state index is 0.125. The average Bonchev–Trinajstić information content (AvgIpc) is 3.15. The maximum absolute atomic E-state index is 12.0. The summed E-state index contributed by atoms with van der Waals surface area (Å²) >= 11 is 0. The van der Waals surface area contributed by atoms with E-state index in [0.29, 0.717) is 18.2 Å². The van der Waals surface area contributed by atoms with E-state index in [9.17, 15) is 4.79 Å². The molecule has 1 saturated heterocycles. The first-order valence-electron chi connectivity index (χ1n) is 7.20. The highest BCUT2D eigenvalue weighted by Gasteiger charge is 2.21. The van der Waals surface area contributed by atoms with Crippen molar-refractivity contribution in [3.05, 3.63) is 42.4 Å². The van der Waals surface area contributed by atoms with Gasteiger partial charge in [-0.3, -0.25) is 4.79 Å². The molecule has 1 aliphatic heterocycles. The lowest BCUT2D eigenvalue weighted by molar-refractivity contribution is 0.0913. The van der Waals surface area contributed by atoms with Crippen molar-refractivity contribution in [2.75, 3.05) is 26.7 Å². The molecule has 5 nitrogen and oxygen atoms in total. The topological polar surface area (TPSA) is 58.4 Å². The lowest BCUT2D eigenvalue weighted by Crippen LogP contribution is -2.30. The molecule has 0 radical (unpaired) electrons. The predicted molar refractivity (Wildman–Crippen MR) is 79.9 cm³/mol. The minimum atomic E-state index is -0.244. The first kappa shape index (κ1) is 13.8. The number of nitrogens with one attached hydrogen (secondary N) is 1. The van der Waals surface area contributed by atoms with Gasteiger partial charge in [-0.25, -0.2) is 4.98 Å². The van der Waals surface area contributed by atoms with E-state index in [1.165, 1.54) is 0 Å². The number of likely N-dealkylation sites (tertiary alicyclic amines) is 1. The fourth-order valence-electron chi connectivity index (χ4n) is 2.62. The molecule has 1 aromatic heterocycles. The van der Waals surface area contributed by atoms with Crippen LogP contribution in [-0.4, -0.2) is 42.5 Å². The molecule has 21 heavy (non-hydrogen) atoms. The van der Waals surface area contributed by atoms with Gasteiger partial charge >= 0.3 is 5.91 Å². The summed E-state index contributed by atoms with van der Waals surface area (Å²) in [4.78, 5) is 18.4. The molecule has 0 spiro atoms. The van der Waals surface area contributed by atoms with Crippen LogP contribution in [0.25, 0.3) is 11.3 Å². The maximum Gasteiger partial charge on any atom is 0.307 e. The van der Waals surface area contributed by atoms with Crippen LogP contribution in [0.4, 0.5) is 0 Å². The number of benzene rings is 1. The first-order chi connectivity index (χ1) is 10.2. The molecule has 1 N–H and O–H groups in total. The first-order valence-corrected chi connectivity index (χ1v) is 7.20. The smallest absolute Gasteiger partial charge is 0.307 e. The van der Waals surface area contributed by atoms with Gasteiger partial charge in [-0.05, 0) is 25.9 Å². The Bertz CT molecular complexity index is 609. The summed E-state index contributed by atoms with van der Waals surface area (Å²) < 4.78 is 5.53. The molecule has 1 fully saturated rings. The van der Waals surface area contributed by atoms with E-state index in [0.717, 1.165) is 25.1 Å². The van der Waals surface area contributed by atoms with Crippen LogP contribution in [0, 0.1) is 5.92 Å². The molecule has 5 heteroatoms. The van der Waals surface area contributed by atoms with Gasteiger partial charge in [0.15, 0.2) is 5.76 Å². The highest BCUT2D eigenvalue weighted by atomic mass is 16.4. The third kappa shape index (κ3) is 3.31. The summed E-state index contributed by atoms with van der Waals surface area (Å²) in [6.07, 6.45) is 2.71. The number of oxazole rings is 1. The van der Waals surface area contributed by atoms with Crippen molar-refractivity contribution in [3.63, 3.8) is 0 Å². The zero-order chi connectivity index (χ0) is 14.7. The van der Waals surface area contributed by atoms with Crippen molar-refractivity contribution >= 4 is 5.91 Å². The quantitative estimate of drug-likeness (QED) is 0.933. The highest BCUT2D eigenvalue weighted by Crippen LogP contribution is 2.19. The second-order valence-electron chi connectivity index (χ2n) is 5.52. The standard InChI is InChI=1S/C16H19N3O2/c1-19-8-7-12(11-19)9-17-15(20)16-18-10-14(21-16)13-5-3-2-4-6-13/h2-6,10,12H,7-9,11H2,1H3,(H,17,20). The molecule has 0 aliphatic carbocycles. The van der Waals surface area contributed by atoms with Crippen molar-refractivity contribution in [1.29, 1.82) is 0 Å². The summed E-state index contributed by atoms with van der Waals surface area (Å²) in [7, 11) is 2.10. The van der Waals surface area contributed by atoms with Gasteiger partial charge in [0, 0.05) is 18.7 Å². The van der Waals surface area contributed by atoms with Crippen LogP contribution >= 0.6 is 0 Å². The van der Waals surface area contributed by atoms with Gasteiger partial charge in [0.25, 0.3) is 5.89 Å². The van der Waals surface area contributed by atoms with Gasteiger partial charge in [-0.2, -0.15) is 0 Å². The van der Waals surface area contributed by atoms with Crippen LogP contribution in [-0.2, 0) is 0 Å². The number of amides is 1. The SMILES string of the molecule is CN1CCC(CNC(=O)c2ncc(-c3ccccc3)o2)C1. The van der Waals surface area contributed by atoms with Crippen LogP contribution < -0.4 is 5.32 Å². The van der Waals surface area contributed by atoms with Gasteiger partial charge in [-0.15, -0.1) is 0 Å². The largest absolute Gasteiger partial charge is 0.432 e. The lowest BCUT2D eigenvalue weighted by Gasteiger charge is -2.10. The molecule has 0 saturated carbocycles. The van der Waals surface area contributed by atoms with Crippen molar-refractivity contribution in [1.82, 2.24) is 15.2 Å². The van der Waals surface area contributed by atoms with Crippen molar-refractivity contribution in [2.24, 2.45) is 5.92 Å². The van der Waals surface area contributed by atoms with Crippen LogP contribution in [0.5, 0.6) is 0 Å². The number of carbonyl (C=O) groups is 1. The molecular weight excluding hydrogens is 266 g/mol. The molecular formula is C16H19N3O2. The second kappa shape index (κ2) is 6.10. The van der Waals surface area contributed by atoms with Crippen LogP contribution in [0.2, 0.25) is 0 Å². The third-order valence-electron chi connectivity index (χ3n) is 3.80. The van der Waals surface area contributed by atoms with E-state index >= 15 is 0 Å². The molecule has 1 amide bonds. The molecule has 2 aromatic rings. The van der Waals surface area contributed by atoms with E-state index in [1.54, 1.807) is 6.20 Å². The molecule has 1 unspecified atom stereocenters. The number of aromatic nitrogens is 1. The zero-order valence-corrected chi connectivity index (χ0v) is 12.1. The van der Waals surface area contributed by atoms with Crippen LogP contribution in [0.15, 0.2) is 40.9 Å². The van der Waals surface area contributed by atoms with Crippen molar-refractivity contribution in [3.8, 4) is 11.3 Å². The molecule has 2 heterocycles. The molecule has 110 valence electrons. The molecule has 1 aliphatic rings. The Morgan fingerprint density at radius 1 is 1.43 bits per heavy atom. The van der Waals surface area contributed by atoms with Gasteiger partial charge in [-0.1, -0.05) is 30.3 Å². The van der Waals surface area contributed by atoms with E-state index < -0.39 is 0 Å². The Kier molecular flexibility index (Phi) is 4.01. The van der Waals surface area contributed by atoms with Gasteiger partial charge in [0.2, 0.25) is 0 Å². The van der Waals surface area contributed by atoms with Gasteiger partial charge in [0.1, 0.15) is 0 Å². The summed E-state index contributed by atoms with van der Waals surface area (Å²) in [5, 5.41) is 2.90.